The van der Waals surface area contributed by atoms with E-state index in [1.807, 2.05) is 6.92 Å². The van der Waals surface area contributed by atoms with Crippen LogP contribution in [0, 0.1) is 12.7 Å². The zero-order valence-electron chi connectivity index (χ0n) is 17.5. The molecule has 0 amide bonds. The minimum atomic E-state index is -0.624. The van der Waals surface area contributed by atoms with E-state index in [1.54, 1.807) is 43.5 Å². The number of benzene rings is 2. The molecule has 3 aromatic heterocycles. The Morgan fingerprint density at radius 2 is 1.88 bits per heavy atom. The van der Waals surface area contributed by atoms with E-state index in [0.29, 0.717) is 16.1 Å². The van der Waals surface area contributed by atoms with Crippen LogP contribution in [0.1, 0.15) is 20.1 Å². The molecule has 0 aliphatic rings. The number of fused-ring (bicyclic) bond motifs is 1. The largest absolute Gasteiger partial charge is 0.503 e. The maximum Gasteiger partial charge on any atom is 0.242 e. The fraction of sp³-hybridized carbons (Fsp3) is 0.0833. The first-order chi connectivity index (χ1) is 15.9. The first kappa shape index (κ1) is 21.2. The molecule has 0 aliphatic carbocycles. The molecular weight excluding hydrogens is 463 g/mol. The first-order valence-electron chi connectivity index (χ1n) is 9.86. The van der Waals surface area contributed by atoms with Crippen LogP contribution in [0.25, 0.3) is 26.6 Å². The average Bonchev–Trinajstić information content (AvgIpc) is 3.49. The molecule has 0 saturated carbocycles. The lowest BCUT2D eigenvalue weighted by atomic mass is 10.0. The van der Waals surface area contributed by atoms with Crippen LogP contribution in [0.4, 0.5) is 4.39 Å². The molecule has 0 saturated heterocycles. The highest BCUT2D eigenvalue weighted by Gasteiger charge is 2.32. The lowest BCUT2D eigenvalue weighted by Crippen LogP contribution is -2.04. The third kappa shape index (κ3) is 3.46. The van der Waals surface area contributed by atoms with Gasteiger partial charge in [0.2, 0.25) is 11.7 Å². The number of hydrogen-bond donors (Lipinski definition) is 2. The van der Waals surface area contributed by atoms with E-state index in [0.717, 1.165) is 9.58 Å². The number of nitrogens with zero attached hydrogens (tertiary/aromatic N) is 2. The number of carbonyl (C=O) groups is 1. The maximum atomic E-state index is 14.9. The van der Waals surface area contributed by atoms with Crippen LogP contribution in [-0.2, 0) is 0 Å². The predicted octanol–water partition coefficient (Wildman–Crippen LogP) is 5.91. The van der Waals surface area contributed by atoms with Crippen molar-refractivity contribution in [2.75, 3.05) is 7.11 Å². The Hall–Kier alpha value is -3.69. The van der Waals surface area contributed by atoms with Gasteiger partial charge in [0.1, 0.15) is 11.6 Å². The van der Waals surface area contributed by atoms with Crippen LogP contribution in [0.2, 0.25) is 0 Å². The summed E-state index contributed by atoms with van der Waals surface area (Å²) >= 11 is 2.47. The Morgan fingerprint density at radius 1 is 1.09 bits per heavy atom. The molecule has 166 valence electrons. The van der Waals surface area contributed by atoms with E-state index in [4.69, 9.17) is 4.74 Å². The molecule has 2 aromatic carbocycles. The fourth-order valence-corrected chi connectivity index (χ4v) is 5.47. The number of carbonyl (C=O) groups excluding carboxylic acids is 1. The third-order valence-corrected chi connectivity index (χ3v) is 7.22. The van der Waals surface area contributed by atoms with Gasteiger partial charge in [-0.05, 0) is 49.4 Å². The van der Waals surface area contributed by atoms with Gasteiger partial charge in [-0.25, -0.2) is 9.37 Å². The number of methoxy groups -OCH3 is 1. The summed E-state index contributed by atoms with van der Waals surface area (Å²) in [5.74, 6) is -1.69. The fourth-order valence-electron chi connectivity index (χ4n) is 3.65. The number of rotatable bonds is 5. The van der Waals surface area contributed by atoms with Crippen LogP contribution in [-0.4, -0.2) is 32.7 Å². The minimum Gasteiger partial charge on any atom is -0.503 e. The van der Waals surface area contributed by atoms with Crippen LogP contribution in [0.3, 0.4) is 0 Å². The zero-order valence-corrected chi connectivity index (χ0v) is 19.1. The molecule has 0 atom stereocenters. The first-order valence-corrected chi connectivity index (χ1v) is 11.5. The summed E-state index contributed by atoms with van der Waals surface area (Å²) in [4.78, 5) is 19.2. The van der Waals surface area contributed by atoms with Crippen molar-refractivity contribution in [2.45, 2.75) is 6.92 Å². The molecule has 33 heavy (non-hydrogen) atoms. The van der Waals surface area contributed by atoms with Crippen molar-refractivity contribution in [1.29, 1.82) is 0 Å². The quantitative estimate of drug-likeness (QED) is 0.305. The zero-order chi connectivity index (χ0) is 23.3. The number of aromatic hydroxyl groups is 2. The number of hydrogen-bond acceptors (Lipinski definition) is 7. The van der Waals surface area contributed by atoms with Gasteiger partial charge < -0.3 is 14.9 Å². The van der Waals surface area contributed by atoms with E-state index in [9.17, 15) is 19.4 Å². The van der Waals surface area contributed by atoms with Crippen molar-refractivity contribution in [2.24, 2.45) is 0 Å². The van der Waals surface area contributed by atoms with Gasteiger partial charge in [0.25, 0.3) is 0 Å². The lowest BCUT2D eigenvalue weighted by molar-refractivity contribution is 0.104. The number of thiazole rings is 1. The van der Waals surface area contributed by atoms with E-state index in [1.165, 1.54) is 45.4 Å². The Kier molecular flexibility index (Phi) is 5.15. The van der Waals surface area contributed by atoms with Gasteiger partial charge in [0.05, 0.1) is 33.5 Å². The number of thiophene rings is 1. The summed E-state index contributed by atoms with van der Waals surface area (Å²) < 4.78 is 22.2. The SMILES string of the molecule is COc1ccc2nc(-n3c(O)c(O)c(C(=O)c4ccc(C)s4)c3-c3ccccc3F)sc2c1. The van der Waals surface area contributed by atoms with Gasteiger partial charge in [-0.2, -0.15) is 0 Å². The number of aryl methyl sites for hydroxylation is 1. The smallest absolute Gasteiger partial charge is 0.242 e. The summed E-state index contributed by atoms with van der Waals surface area (Å²) in [5.41, 5.74) is 0.535. The van der Waals surface area contributed by atoms with E-state index >= 15 is 0 Å². The van der Waals surface area contributed by atoms with Gasteiger partial charge in [-0.1, -0.05) is 23.5 Å². The average molecular weight is 481 g/mol. The second kappa shape index (κ2) is 8.02. The van der Waals surface area contributed by atoms with E-state index < -0.39 is 23.2 Å². The molecule has 5 aromatic rings. The second-order valence-electron chi connectivity index (χ2n) is 7.28. The highest BCUT2D eigenvalue weighted by Crippen LogP contribution is 2.46. The van der Waals surface area contributed by atoms with Gasteiger partial charge >= 0.3 is 0 Å². The maximum absolute atomic E-state index is 14.9. The molecule has 2 N–H and O–H groups in total. The van der Waals surface area contributed by atoms with Crippen LogP contribution < -0.4 is 4.74 Å². The summed E-state index contributed by atoms with van der Waals surface area (Å²) in [7, 11) is 1.55. The Labute approximate surface area is 195 Å². The van der Waals surface area contributed by atoms with Gasteiger partial charge in [-0.3, -0.25) is 9.36 Å². The molecular formula is C24H17FN2O4S2. The molecule has 0 fully saturated rings. The predicted molar refractivity (Wildman–Crippen MR) is 127 cm³/mol. The minimum absolute atomic E-state index is 0.0326. The Balaban J connectivity index is 1.82. The number of halogens is 1. The highest BCUT2D eigenvalue weighted by molar-refractivity contribution is 7.20. The molecule has 0 bridgehead atoms. The lowest BCUT2D eigenvalue weighted by Gasteiger charge is -2.10. The van der Waals surface area contributed by atoms with E-state index in [-0.39, 0.29) is 22.0 Å². The summed E-state index contributed by atoms with van der Waals surface area (Å²) in [5, 5.41) is 22.0. The molecule has 0 radical (unpaired) electrons. The Morgan fingerprint density at radius 3 is 2.58 bits per heavy atom. The topological polar surface area (TPSA) is 84.6 Å². The van der Waals surface area contributed by atoms with Crippen molar-refractivity contribution in [3.63, 3.8) is 0 Å². The summed E-state index contributed by atoms with van der Waals surface area (Å²) in [6.07, 6.45) is 0. The van der Waals surface area contributed by atoms with Crippen molar-refractivity contribution in [3.8, 4) is 33.8 Å². The molecule has 0 aliphatic heterocycles. The standard InChI is InChI=1S/C24H17FN2O4S2/c1-12-7-10-17(32-12)21(28)19-20(14-5-3-4-6-15(14)25)27(23(30)22(19)29)24-26-16-9-8-13(31-2)11-18(16)33-24/h3-11,29-30H,1-2H3. The van der Waals surface area contributed by atoms with Crippen molar-refractivity contribution in [3.05, 3.63) is 75.7 Å². The highest BCUT2D eigenvalue weighted by atomic mass is 32.1. The number of ether oxygens (including phenoxy) is 1. The second-order valence-corrected chi connectivity index (χ2v) is 9.58. The van der Waals surface area contributed by atoms with Crippen LogP contribution >= 0.6 is 22.7 Å². The molecule has 0 unspecified atom stereocenters. The van der Waals surface area contributed by atoms with Gasteiger partial charge in [0.15, 0.2) is 10.9 Å². The van der Waals surface area contributed by atoms with Crippen molar-refractivity contribution >= 4 is 38.7 Å². The van der Waals surface area contributed by atoms with Crippen LogP contribution in [0.15, 0.2) is 54.6 Å². The van der Waals surface area contributed by atoms with Crippen molar-refractivity contribution in [1.82, 2.24) is 9.55 Å². The Bertz CT molecular complexity index is 1530. The summed E-state index contributed by atoms with van der Waals surface area (Å²) in [6.45, 7) is 1.86. The van der Waals surface area contributed by atoms with Crippen LogP contribution in [0.5, 0.6) is 17.4 Å². The molecule has 6 nitrogen and oxygen atoms in total. The molecule has 9 heteroatoms. The molecule has 0 spiro atoms. The normalized spacial score (nSPS) is 11.2. The van der Waals surface area contributed by atoms with Gasteiger partial charge in [-0.15, -0.1) is 11.3 Å². The molecule has 5 rings (SSSR count). The molecule has 3 heterocycles. The third-order valence-electron chi connectivity index (χ3n) is 5.22. The number of ketones is 1. The van der Waals surface area contributed by atoms with Crippen molar-refractivity contribution < 1.29 is 24.1 Å². The van der Waals surface area contributed by atoms with E-state index in [2.05, 4.69) is 4.98 Å². The monoisotopic (exact) mass is 480 g/mol. The number of aromatic nitrogens is 2. The summed E-state index contributed by atoms with van der Waals surface area (Å²) in [6, 6.07) is 14.6. The van der Waals surface area contributed by atoms with Gasteiger partial charge in [0, 0.05) is 10.4 Å².